The monoisotopic (exact) mass is 190 g/mol. The van der Waals surface area contributed by atoms with Crippen molar-refractivity contribution in [1.29, 1.82) is 0 Å². The Balaban J connectivity index is 0.000000461. The molecule has 0 aliphatic rings. The van der Waals surface area contributed by atoms with Crippen LogP contribution < -0.4 is 0 Å². The molecule has 0 saturated carbocycles. The third-order valence-corrected chi connectivity index (χ3v) is 2.32. The van der Waals surface area contributed by atoms with Crippen molar-refractivity contribution in [3.63, 3.8) is 0 Å². The van der Waals surface area contributed by atoms with Crippen LogP contribution in [0.25, 0.3) is 10.9 Å². The third kappa shape index (κ3) is 1.79. The van der Waals surface area contributed by atoms with E-state index in [1.165, 1.54) is 16.5 Å². The van der Waals surface area contributed by atoms with Crippen LogP contribution in [0.1, 0.15) is 31.9 Å². The smallest absolute Gasteiger partial charge is 0.0653 e. The lowest BCUT2D eigenvalue weighted by molar-refractivity contribution is 1.12. The molecule has 2 aromatic rings. The molecule has 0 spiro atoms. The predicted octanol–water partition coefficient (Wildman–Crippen LogP) is 3.46. The number of nitrogens with one attached hydrogen (secondary N) is 1. The van der Waals surface area contributed by atoms with Crippen LogP contribution in [0.4, 0.5) is 0 Å². The molecule has 1 heterocycles. The third-order valence-electron chi connectivity index (χ3n) is 2.32. The molecule has 2 heteroatoms. The number of H-pyrrole nitrogens is 1. The van der Waals surface area contributed by atoms with Gasteiger partial charge in [-0.15, -0.1) is 0 Å². The zero-order chi connectivity index (χ0) is 10.6. The fourth-order valence-corrected chi connectivity index (χ4v) is 1.65. The molecule has 1 N–H and O–H groups in total. The number of aromatic amines is 1. The molecule has 0 radical (unpaired) electrons. The van der Waals surface area contributed by atoms with Crippen molar-refractivity contribution >= 4 is 10.9 Å². The lowest BCUT2D eigenvalue weighted by Crippen LogP contribution is -1.86. The molecule has 2 nitrogen and oxygen atoms in total. The highest BCUT2D eigenvalue weighted by Crippen LogP contribution is 2.20. The maximum absolute atomic E-state index is 4.03. The molecule has 0 amide bonds. The van der Waals surface area contributed by atoms with Crippen molar-refractivity contribution < 1.29 is 0 Å². The first kappa shape index (κ1) is 10.8. The Bertz CT molecular complexity index is 402. The molecule has 2 rings (SSSR count). The zero-order valence-electron chi connectivity index (χ0n) is 9.39. The Morgan fingerprint density at radius 3 is 2.64 bits per heavy atom. The Morgan fingerprint density at radius 1 is 1.29 bits per heavy atom. The number of benzene rings is 1. The van der Waals surface area contributed by atoms with Gasteiger partial charge < -0.3 is 0 Å². The van der Waals surface area contributed by atoms with Crippen LogP contribution in [0, 0.1) is 6.92 Å². The summed E-state index contributed by atoms with van der Waals surface area (Å²) >= 11 is 0. The molecule has 0 aliphatic heterocycles. The summed E-state index contributed by atoms with van der Waals surface area (Å²) in [6.45, 7) is 8.32. The van der Waals surface area contributed by atoms with Gasteiger partial charge in [0.05, 0.1) is 11.7 Å². The maximum Gasteiger partial charge on any atom is 0.0653 e. The number of fused-ring (bicyclic) bond motifs is 1. The molecule has 0 saturated heterocycles. The molecule has 0 bridgehead atoms. The normalized spacial score (nSPS) is 9.71. The van der Waals surface area contributed by atoms with Gasteiger partial charge in [-0.2, -0.15) is 5.10 Å². The molecular formula is C12H18N2. The van der Waals surface area contributed by atoms with Gasteiger partial charge in [0.15, 0.2) is 0 Å². The second kappa shape index (κ2) is 4.80. The highest BCUT2D eigenvalue weighted by atomic mass is 15.1. The molecule has 0 aliphatic carbocycles. The zero-order valence-corrected chi connectivity index (χ0v) is 9.39. The average Bonchev–Trinajstić information content (AvgIpc) is 2.69. The van der Waals surface area contributed by atoms with Crippen LogP contribution >= 0.6 is 0 Å². The van der Waals surface area contributed by atoms with E-state index >= 15 is 0 Å². The van der Waals surface area contributed by atoms with Crippen LogP contribution in [0.2, 0.25) is 0 Å². The van der Waals surface area contributed by atoms with Crippen LogP contribution in [0.15, 0.2) is 18.3 Å². The Kier molecular flexibility index (Phi) is 3.69. The van der Waals surface area contributed by atoms with Crippen LogP contribution in [-0.2, 0) is 6.42 Å². The summed E-state index contributed by atoms with van der Waals surface area (Å²) in [5.41, 5.74) is 3.89. The van der Waals surface area contributed by atoms with Gasteiger partial charge in [0, 0.05) is 5.39 Å². The SMILES string of the molecule is CC.CCc1c(C)ccc2[nH]ncc12. The van der Waals surface area contributed by atoms with Gasteiger partial charge in [-0.3, -0.25) is 5.10 Å². The number of nitrogens with zero attached hydrogens (tertiary/aromatic N) is 1. The minimum Gasteiger partial charge on any atom is -0.278 e. The number of hydrogen-bond acceptors (Lipinski definition) is 1. The molecule has 1 aromatic heterocycles. The maximum atomic E-state index is 4.03. The Labute approximate surface area is 85.3 Å². The molecule has 0 unspecified atom stereocenters. The summed E-state index contributed by atoms with van der Waals surface area (Å²) in [5.74, 6) is 0. The van der Waals surface area contributed by atoms with Gasteiger partial charge in [-0.1, -0.05) is 26.8 Å². The van der Waals surface area contributed by atoms with E-state index in [-0.39, 0.29) is 0 Å². The fraction of sp³-hybridized carbons (Fsp3) is 0.417. The Morgan fingerprint density at radius 2 is 2.00 bits per heavy atom. The fourth-order valence-electron chi connectivity index (χ4n) is 1.65. The molecule has 76 valence electrons. The summed E-state index contributed by atoms with van der Waals surface area (Å²) in [4.78, 5) is 0. The van der Waals surface area contributed by atoms with Gasteiger partial charge >= 0.3 is 0 Å². The summed E-state index contributed by atoms with van der Waals surface area (Å²) in [6, 6.07) is 4.22. The second-order valence-corrected chi connectivity index (χ2v) is 3.05. The van der Waals surface area contributed by atoms with Crippen molar-refractivity contribution in [2.45, 2.75) is 34.1 Å². The molecule has 0 atom stereocenters. The molecule has 14 heavy (non-hydrogen) atoms. The van der Waals surface area contributed by atoms with Gasteiger partial charge in [0.25, 0.3) is 0 Å². The lowest BCUT2D eigenvalue weighted by Gasteiger charge is -2.02. The van der Waals surface area contributed by atoms with Gasteiger partial charge in [-0.05, 0) is 30.5 Å². The van der Waals surface area contributed by atoms with E-state index in [1.54, 1.807) is 0 Å². The Hall–Kier alpha value is -1.31. The first-order valence-electron chi connectivity index (χ1n) is 5.24. The van der Waals surface area contributed by atoms with Gasteiger partial charge in [-0.25, -0.2) is 0 Å². The first-order valence-corrected chi connectivity index (χ1v) is 5.24. The van der Waals surface area contributed by atoms with Gasteiger partial charge in [0.1, 0.15) is 0 Å². The topological polar surface area (TPSA) is 28.7 Å². The van der Waals surface area contributed by atoms with E-state index in [1.807, 2.05) is 20.0 Å². The largest absolute Gasteiger partial charge is 0.278 e. The number of rotatable bonds is 1. The summed E-state index contributed by atoms with van der Waals surface area (Å²) in [5, 5.41) is 8.26. The van der Waals surface area contributed by atoms with Crippen LogP contribution in [0.5, 0.6) is 0 Å². The molecular weight excluding hydrogens is 172 g/mol. The highest BCUT2D eigenvalue weighted by Gasteiger charge is 2.02. The van der Waals surface area contributed by atoms with Crippen molar-refractivity contribution in [1.82, 2.24) is 10.2 Å². The van der Waals surface area contributed by atoms with Crippen molar-refractivity contribution in [3.05, 3.63) is 29.5 Å². The average molecular weight is 190 g/mol. The van der Waals surface area contributed by atoms with E-state index in [4.69, 9.17) is 0 Å². The van der Waals surface area contributed by atoms with E-state index in [0.29, 0.717) is 0 Å². The predicted molar refractivity (Wildman–Crippen MR) is 61.6 cm³/mol. The van der Waals surface area contributed by atoms with Crippen molar-refractivity contribution in [3.8, 4) is 0 Å². The molecule has 0 fully saturated rings. The van der Waals surface area contributed by atoms with Crippen LogP contribution in [0.3, 0.4) is 0 Å². The number of aryl methyl sites for hydroxylation is 2. The van der Waals surface area contributed by atoms with Crippen LogP contribution in [-0.4, -0.2) is 10.2 Å². The van der Waals surface area contributed by atoms with Gasteiger partial charge in [0.2, 0.25) is 0 Å². The summed E-state index contributed by atoms with van der Waals surface area (Å²) < 4.78 is 0. The number of hydrogen-bond donors (Lipinski definition) is 1. The van der Waals surface area contributed by atoms with E-state index in [9.17, 15) is 0 Å². The van der Waals surface area contributed by atoms with E-state index < -0.39 is 0 Å². The quantitative estimate of drug-likeness (QED) is 0.733. The molecule has 1 aromatic carbocycles. The minimum absolute atomic E-state index is 1.07. The summed E-state index contributed by atoms with van der Waals surface area (Å²) in [6.07, 6.45) is 2.98. The van der Waals surface area contributed by atoms with Crippen molar-refractivity contribution in [2.24, 2.45) is 0 Å². The standard InChI is InChI=1S/C10H12N2.C2H6/c1-3-8-7(2)4-5-10-9(8)6-11-12-10;1-2/h4-6H,3H2,1-2H3,(H,11,12);1-2H3. The second-order valence-electron chi connectivity index (χ2n) is 3.05. The van der Waals surface area contributed by atoms with E-state index in [0.717, 1.165) is 11.9 Å². The highest BCUT2D eigenvalue weighted by molar-refractivity contribution is 5.82. The number of aromatic nitrogens is 2. The van der Waals surface area contributed by atoms with Crippen molar-refractivity contribution in [2.75, 3.05) is 0 Å². The lowest BCUT2D eigenvalue weighted by atomic mass is 10.0. The van der Waals surface area contributed by atoms with E-state index in [2.05, 4.69) is 36.2 Å². The first-order chi connectivity index (χ1) is 6.83. The minimum atomic E-state index is 1.07. The summed E-state index contributed by atoms with van der Waals surface area (Å²) in [7, 11) is 0.